The highest BCUT2D eigenvalue weighted by atomic mass is 16.2. The zero-order valence-corrected chi connectivity index (χ0v) is 11.2. The smallest absolute Gasteiger partial charge is 0.273 e. The van der Waals surface area contributed by atoms with Gasteiger partial charge in [0.2, 0.25) is 0 Å². The van der Waals surface area contributed by atoms with E-state index in [1.54, 1.807) is 0 Å². The highest BCUT2D eigenvalue weighted by Crippen LogP contribution is 2.35. The summed E-state index contributed by atoms with van der Waals surface area (Å²) in [6.07, 6.45) is 8.73. The van der Waals surface area contributed by atoms with Gasteiger partial charge >= 0.3 is 0 Å². The monoisotopic (exact) mass is 271 g/mol. The number of allylic oxidation sites excluding steroid dienone is 1. The van der Waals surface area contributed by atoms with E-state index in [-0.39, 0.29) is 17.9 Å². The summed E-state index contributed by atoms with van der Waals surface area (Å²) < 4.78 is 0. The number of nitrogens with zero attached hydrogens (tertiary/aromatic N) is 1. The molecule has 0 spiro atoms. The van der Waals surface area contributed by atoms with E-state index in [1.807, 2.05) is 12.2 Å². The van der Waals surface area contributed by atoms with Crippen LogP contribution >= 0.6 is 0 Å². The van der Waals surface area contributed by atoms with Gasteiger partial charge in [0.15, 0.2) is 0 Å². The maximum Gasteiger partial charge on any atom is 0.273 e. The molecule has 104 valence electrons. The Morgan fingerprint density at radius 3 is 2.85 bits per heavy atom. The maximum atomic E-state index is 11.9. The fourth-order valence-corrected chi connectivity index (χ4v) is 3.29. The molecule has 4 rings (SSSR count). The Bertz CT molecular complexity index is 584. The lowest BCUT2D eigenvalue weighted by atomic mass is 9.85. The number of Topliss-reactive ketones (excluding diaryl/α,β-unsaturated/α-hetero) is 1. The van der Waals surface area contributed by atoms with Gasteiger partial charge in [0.05, 0.1) is 17.2 Å². The number of amides is 1. The predicted octanol–water partition coefficient (Wildman–Crippen LogP) is 1.03. The Kier molecular flexibility index (Phi) is 2.55. The average Bonchev–Trinajstić information content (AvgIpc) is 3.08. The van der Waals surface area contributed by atoms with Gasteiger partial charge in [-0.2, -0.15) is 5.10 Å². The largest absolute Gasteiger partial charge is 0.381 e. The first kappa shape index (κ1) is 11.9. The number of carbonyl (C=O) groups excluding carboxylic acids is 2. The maximum absolute atomic E-state index is 11.9. The number of fused-ring (bicyclic) bond motifs is 1. The third kappa shape index (κ3) is 1.88. The van der Waals surface area contributed by atoms with Gasteiger partial charge in [-0.3, -0.25) is 9.59 Å². The highest BCUT2D eigenvalue weighted by Gasteiger charge is 2.38. The van der Waals surface area contributed by atoms with E-state index in [2.05, 4.69) is 15.8 Å². The van der Waals surface area contributed by atoms with E-state index in [9.17, 15) is 9.59 Å². The summed E-state index contributed by atoms with van der Waals surface area (Å²) in [7, 11) is 0. The van der Waals surface area contributed by atoms with E-state index in [0.29, 0.717) is 23.7 Å². The second-order valence-corrected chi connectivity index (χ2v) is 6.03. The van der Waals surface area contributed by atoms with Crippen LogP contribution < -0.4 is 10.7 Å². The summed E-state index contributed by atoms with van der Waals surface area (Å²) in [5, 5.41) is 7.51. The lowest BCUT2D eigenvalue weighted by Gasteiger charge is -2.23. The molecule has 2 heterocycles. The normalized spacial score (nSPS) is 34.5. The van der Waals surface area contributed by atoms with Crippen LogP contribution in [0.25, 0.3) is 0 Å². The van der Waals surface area contributed by atoms with Crippen LogP contribution in [0.5, 0.6) is 0 Å². The third-order valence-electron chi connectivity index (χ3n) is 4.52. The SMILES string of the molecule is O=C1NN=C(C2CC2)/C1=C\C1=CC2C(=O)CCCC2N1. The van der Waals surface area contributed by atoms with Gasteiger partial charge in [0, 0.05) is 24.1 Å². The number of ketones is 1. The Labute approximate surface area is 117 Å². The molecule has 1 amide bonds. The average molecular weight is 271 g/mol. The molecule has 4 aliphatic rings. The number of hydrogen-bond acceptors (Lipinski definition) is 4. The molecule has 5 heteroatoms. The third-order valence-corrected chi connectivity index (χ3v) is 4.52. The zero-order valence-electron chi connectivity index (χ0n) is 11.2. The van der Waals surface area contributed by atoms with Crippen molar-refractivity contribution in [1.29, 1.82) is 0 Å². The molecule has 0 aromatic carbocycles. The van der Waals surface area contributed by atoms with Crippen LogP contribution in [0.3, 0.4) is 0 Å². The van der Waals surface area contributed by atoms with Crippen molar-refractivity contribution in [2.24, 2.45) is 16.9 Å². The molecule has 5 nitrogen and oxygen atoms in total. The zero-order chi connectivity index (χ0) is 13.7. The second kappa shape index (κ2) is 4.30. The van der Waals surface area contributed by atoms with Crippen LogP contribution in [0.15, 0.2) is 28.5 Å². The van der Waals surface area contributed by atoms with Crippen molar-refractivity contribution in [3.8, 4) is 0 Å². The fraction of sp³-hybridized carbons (Fsp3) is 0.533. The van der Waals surface area contributed by atoms with Gasteiger partial charge in [-0.05, 0) is 37.8 Å². The van der Waals surface area contributed by atoms with Crippen LogP contribution in [0.2, 0.25) is 0 Å². The molecule has 0 aromatic rings. The van der Waals surface area contributed by atoms with Crippen LogP contribution in [0.1, 0.15) is 32.1 Å². The van der Waals surface area contributed by atoms with E-state index in [4.69, 9.17) is 0 Å². The van der Waals surface area contributed by atoms with Crippen molar-refractivity contribution >= 4 is 17.4 Å². The second-order valence-electron chi connectivity index (χ2n) is 6.03. The van der Waals surface area contributed by atoms with Gasteiger partial charge < -0.3 is 5.32 Å². The molecule has 0 bridgehead atoms. The predicted molar refractivity (Wildman–Crippen MR) is 73.7 cm³/mol. The summed E-state index contributed by atoms with van der Waals surface area (Å²) in [5.74, 6) is 0.609. The van der Waals surface area contributed by atoms with E-state index in [1.165, 1.54) is 0 Å². The highest BCUT2D eigenvalue weighted by molar-refractivity contribution is 6.26. The first-order valence-corrected chi connectivity index (χ1v) is 7.33. The van der Waals surface area contributed by atoms with Gasteiger partial charge in [-0.15, -0.1) is 0 Å². The summed E-state index contributed by atoms with van der Waals surface area (Å²) in [6, 6.07) is 0.217. The molecule has 0 aromatic heterocycles. The van der Waals surface area contributed by atoms with E-state index >= 15 is 0 Å². The van der Waals surface area contributed by atoms with Crippen molar-refractivity contribution < 1.29 is 9.59 Å². The molecule has 2 fully saturated rings. The standard InChI is InChI=1S/C15H17N3O2/c19-13-3-1-2-12-10(13)6-9(16-12)7-11-14(8-4-5-8)17-18-15(11)20/h6-8,10,12,16H,1-5H2,(H,18,20)/b11-7+. The van der Waals surface area contributed by atoms with Crippen LogP contribution in [-0.2, 0) is 9.59 Å². The Morgan fingerprint density at radius 1 is 1.25 bits per heavy atom. The summed E-state index contributed by atoms with van der Waals surface area (Å²) in [4.78, 5) is 23.8. The Morgan fingerprint density at radius 2 is 2.10 bits per heavy atom. The van der Waals surface area contributed by atoms with Crippen LogP contribution in [0, 0.1) is 11.8 Å². The lowest BCUT2D eigenvalue weighted by molar-refractivity contribution is -0.123. The number of hydrogen-bond donors (Lipinski definition) is 2. The van der Waals surface area contributed by atoms with Crippen LogP contribution in [-0.4, -0.2) is 23.4 Å². The van der Waals surface area contributed by atoms with E-state index in [0.717, 1.165) is 37.1 Å². The first-order chi connectivity index (χ1) is 9.72. The van der Waals surface area contributed by atoms with Gasteiger partial charge in [-0.25, -0.2) is 5.43 Å². The van der Waals surface area contributed by atoms with Crippen molar-refractivity contribution in [3.63, 3.8) is 0 Å². The molecule has 0 saturated heterocycles. The number of carbonyl (C=O) groups is 2. The Hall–Kier alpha value is -1.91. The molecular weight excluding hydrogens is 254 g/mol. The molecule has 2 unspecified atom stereocenters. The quantitative estimate of drug-likeness (QED) is 0.737. The molecule has 2 atom stereocenters. The topological polar surface area (TPSA) is 70.6 Å². The minimum atomic E-state index is -0.129. The van der Waals surface area contributed by atoms with Crippen molar-refractivity contribution in [2.75, 3.05) is 0 Å². The molecule has 20 heavy (non-hydrogen) atoms. The summed E-state index contributed by atoms with van der Waals surface area (Å²) in [6.45, 7) is 0. The summed E-state index contributed by atoms with van der Waals surface area (Å²) >= 11 is 0. The first-order valence-electron chi connectivity index (χ1n) is 7.33. The Balaban J connectivity index is 1.60. The van der Waals surface area contributed by atoms with Crippen molar-refractivity contribution in [3.05, 3.63) is 23.4 Å². The molecular formula is C15H17N3O2. The minimum Gasteiger partial charge on any atom is -0.381 e. The lowest BCUT2D eigenvalue weighted by Crippen LogP contribution is -2.36. The van der Waals surface area contributed by atoms with Crippen LogP contribution in [0.4, 0.5) is 0 Å². The molecule has 2 saturated carbocycles. The van der Waals surface area contributed by atoms with Gasteiger partial charge in [0.1, 0.15) is 5.78 Å². The number of rotatable bonds is 2. The molecule has 2 N–H and O–H groups in total. The fourth-order valence-electron chi connectivity index (χ4n) is 3.29. The number of hydrazone groups is 1. The minimum absolute atomic E-state index is 0.0126. The van der Waals surface area contributed by atoms with E-state index < -0.39 is 0 Å². The number of nitrogens with one attached hydrogen (secondary N) is 2. The molecule has 0 radical (unpaired) electrons. The van der Waals surface area contributed by atoms with Gasteiger partial charge in [0.25, 0.3) is 5.91 Å². The van der Waals surface area contributed by atoms with Crippen molar-refractivity contribution in [1.82, 2.24) is 10.7 Å². The molecule has 2 aliphatic heterocycles. The van der Waals surface area contributed by atoms with Gasteiger partial charge in [-0.1, -0.05) is 0 Å². The van der Waals surface area contributed by atoms with Crippen molar-refractivity contribution in [2.45, 2.75) is 38.1 Å². The molecule has 2 aliphatic carbocycles. The summed E-state index contributed by atoms with van der Waals surface area (Å²) in [5.41, 5.74) is 5.00.